The summed E-state index contributed by atoms with van der Waals surface area (Å²) in [7, 11) is -2.05. The Morgan fingerprint density at radius 2 is 1.90 bits per heavy atom. The minimum absolute atomic E-state index is 0.245. The predicted molar refractivity (Wildman–Crippen MR) is 115 cm³/mol. The summed E-state index contributed by atoms with van der Waals surface area (Å²) >= 11 is 4.92. The van der Waals surface area contributed by atoms with Gasteiger partial charge in [0.2, 0.25) is 10.0 Å². The highest BCUT2D eigenvalue weighted by atomic mass is 32.2. The smallest absolute Gasteiger partial charge is 0.414 e. The summed E-state index contributed by atoms with van der Waals surface area (Å²) in [5.74, 6) is -0.499. The molecule has 2 aliphatic heterocycles. The van der Waals surface area contributed by atoms with Crippen molar-refractivity contribution in [3.05, 3.63) is 24.3 Å². The summed E-state index contributed by atoms with van der Waals surface area (Å²) in [6.45, 7) is 2.50. The van der Waals surface area contributed by atoms with Crippen LogP contribution in [0, 0.1) is 11.3 Å². The van der Waals surface area contributed by atoms with Crippen LogP contribution in [0.4, 0.5) is 16.2 Å². The molecule has 1 atom stereocenters. The van der Waals surface area contributed by atoms with Gasteiger partial charge in [-0.3, -0.25) is 4.90 Å². The Balaban J connectivity index is 1.56. The molecule has 1 N–H and O–H groups in total. The number of nitrogens with one attached hydrogen (secondary N) is 1. The van der Waals surface area contributed by atoms with Crippen LogP contribution in [-0.2, 0) is 19.5 Å². The molecule has 2 saturated heterocycles. The summed E-state index contributed by atoms with van der Waals surface area (Å²) in [4.78, 5) is 15.8. The van der Waals surface area contributed by atoms with Crippen molar-refractivity contribution in [2.45, 2.75) is 6.10 Å². The van der Waals surface area contributed by atoms with Gasteiger partial charge in [0.25, 0.3) is 5.17 Å². The first-order valence-electron chi connectivity index (χ1n) is 9.34. The molecule has 0 unspecified atom stereocenters. The van der Waals surface area contributed by atoms with Crippen LogP contribution in [0.25, 0.3) is 0 Å². The molecule has 2 aliphatic rings. The van der Waals surface area contributed by atoms with E-state index < -0.39 is 21.9 Å². The fourth-order valence-electron chi connectivity index (χ4n) is 3.35. The number of methoxy groups -OCH3 is 1. The molecule has 2 fully saturated rings. The van der Waals surface area contributed by atoms with Crippen molar-refractivity contribution in [3.8, 4) is 6.07 Å². The molecule has 10 nitrogen and oxygen atoms in total. The summed E-state index contributed by atoms with van der Waals surface area (Å²) in [6, 6.07) is 9.17. The average molecular weight is 454 g/mol. The molecule has 0 bridgehead atoms. The van der Waals surface area contributed by atoms with E-state index in [2.05, 4.69) is 10.2 Å². The quantitative estimate of drug-likeness (QED) is 0.615. The van der Waals surface area contributed by atoms with Crippen molar-refractivity contribution >= 4 is 44.9 Å². The number of benzene rings is 1. The molecule has 0 spiro atoms. The number of hydrogen-bond acceptors (Lipinski definition) is 8. The lowest BCUT2D eigenvalue weighted by molar-refractivity contribution is 0.142. The zero-order chi connectivity index (χ0) is 21.7. The maximum atomic E-state index is 12.2. The molecule has 0 aliphatic carbocycles. The number of nitriles is 1. The van der Waals surface area contributed by atoms with Gasteiger partial charge in [-0.05, 0) is 36.5 Å². The lowest BCUT2D eigenvalue weighted by Crippen LogP contribution is -2.49. The molecule has 1 aromatic rings. The summed E-state index contributed by atoms with van der Waals surface area (Å²) in [6.07, 6.45) is -0.761. The van der Waals surface area contributed by atoms with E-state index in [1.54, 1.807) is 11.0 Å². The zero-order valence-corrected chi connectivity index (χ0v) is 18.1. The van der Waals surface area contributed by atoms with Crippen LogP contribution >= 0.6 is 12.2 Å². The van der Waals surface area contributed by atoms with Crippen LogP contribution in [0.2, 0.25) is 0 Å². The molecule has 162 valence electrons. The molecule has 0 radical (unpaired) electrons. The maximum absolute atomic E-state index is 12.2. The van der Waals surface area contributed by atoms with Crippen LogP contribution in [0.1, 0.15) is 0 Å². The Kier molecular flexibility index (Phi) is 6.96. The molecular formula is C18H23N5O5S2. The maximum Gasteiger partial charge on any atom is 0.414 e. The van der Waals surface area contributed by atoms with Crippen LogP contribution in [0.15, 0.2) is 24.3 Å². The molecular weight excluding hydrogens is 430 g/mol. The van der Waals surface area contributed by atoms with Gasteiger partial charge in [0.1, 0.15) is 6.10 Å². The van der Waals surface area contributed by atoms with Gasteiger partial charge < -0.3 is 19.7 Å². The van der Waals surface area contributed by atoms with Crippen molar-refractivity contribution in [3.63, 3.8) is 0 Å². The largest absolute Gasteiger partial charge is 0.474 e. The number of nitrogens with zero attached hydrogens (tertiary/aromatic N) is 4. The summed E-state index contributed by atoms with van der Waals surface area (Å²) in [5.41, 5.74) is 1.66. The fourth-order valence-corrected chi connectivity index (χ4v) is 4.50. The number of sulfonamides is 1. The van der Waals surface area contributed by atoms with Crippen molar-refractivity contribution in [2.24, 2.45) is 0 Å². The van der Waals surface area contributed by atoms with E-state index in [9.17, 15) is 13.2 Å². The third-order valence-corrected chi connectivity index (χ3v) is 6.90. The van der Waals surface area contributed by atoms with Crippen LogP contribution in [0.5, 0.6) is 0 Å². The Morgan fingerprint density at radius 1 is 1.27 bits per heavy atom. The number of anilines is 2. The number of amides is 1. The number of thiocarbonyl (C=S) groups is 1. The number of carbonyl (C=O) groups excluding carboxylic acids is 1. The average Bonchev–Trinajstić information content (AvgIpc) is 3.12. The van der Waals surface area contributed by atoms with Gasteiger partial charge in [-0.15, -0.1) is 0 Å². The van der Waals surface area contributed by atoms with E-state index >= 15 is 0 Å². The minimum atomic E-state index is -3.51. The molecule has 0 aromatic heterocycles. The molecule has 1 aromatic carbocycles. The molecule has 0 saturated carbocycles. The number of hydrogen-bond donors (Lipinski definition) is 1. The Bertz CT molecular complexity index is 923. The van der Waals surface area contributed by atoms with Crippen LogP contribution < -0.4 is 15.1 Å². The van der Waals surface area contributed by atoms with Crippen LogP contribution in [0.3, 0.4) is 0 Å². The first-order chi connectivity index (χ1) is 14.3. The summed E-state index contributed by atoms with van der Waals surface area (Å²) in [5, 5.41) is 11.8. The third kappa shape index (κ3) is 5.10. The highest BCUT2D eigenvalue weighted by molar-refractivity contribution is 7.89. The van der Waals surface area contributed by atoms with Crippen molar-refractivity contribution < 1.29 is 22.7 Å². The Labute approximate surface area is 181 Å². The Morgan fingerprint density at radius 3 is 2.50 bits per heavy atom. The lowest BCUT2D eigenvalue weighted by atomic mass is 10.2. The monoisotopic (exact) mass is 453 g/mol. The number of piperazine rings is 1. The number of rotatable bonds is 6. The molecule has 12 heteroatoms. The third-order valence-electron chi connectivity index (χ3n) is 4.94. The second-order valence-electron chi connectivity index (χ2n) is 6.81. The van der Waals surface area contributed by atoms with E-state index in [1.807, 2.05) is 24.3 Å². The topological polar surface area (TPSA) is 115 Å². The highest BCUT2D eigenvalue weighted by Crippen LogP contribution is 2.25. The van der Waals surface area contributed by atoms with Gasteiger partial charge >= 0.3 is 6.09 Å². The molecule has 2 heterocycles. The van der Waals surface area contributed by atoms with Gasteiger partial charge in [-0.1, -0.05) is 0 Å². The number of ether oxygens (including phenoxy) is 2. The van der Waals surface area contributed by atoms with Crippen molar-refractivity contribution in [2.75, 3.05) is 61.9 Å². The van der Waals surface area contributed by atoms with E-state index in [0.717, 1.165) is 11.4 Å². The molecule has 1 amide bonds. The van der Waals surface area contributed by atoms with Crippen molar-refractivity contribution in [1.82, 2.24) is 9.62 Å². The highest BCUT2D eigenvalue weighted by Gasteiger charge is 2.32. The first kappa shape index (κ1) is 22.1. The van der Waals surface area contributed by atoms with E-state index in [0.29, 0.717) is 39.3 Å². The van der Waals surface area contributed by atoms with Gasteiger partial charge in [0.15, 0.2) is 5.75 Å². The molecule has 3 rings (SSSR count). The van der Waals surface area contributed by atoms with Gasteiger partial charge in [0, 0.05) is 37.6 Å². The number of carbonyl (C=O) groups is 1. The SMILES string of the molecule is COC(=S)NC[C@H]1CN(c2ccc(N3CCN(S(=O)(=O)CC#N)CC3)cc2)C(=O)O1. The lowest BCUT2D eigenvalue weighted by Gasteiger charge is -2.35. The second-order valence-corrected chi connectivity index (χ2v) is 9.15. The minimum Gasteiger partial charge on any atom is -0.474 e. The van der Waals surface area contributed by atoms with E-state index in [1.165, 1.54) is 11.4 Å². The fraction of sp³-hybridized carbons (Fsp3) is 0.500. The predicted octanol–water partition coefficient (Wildman–Crippen LogP) is 0.508. The zero-order valence-electron chi connectivity index (χ0n) is 16.5. The number of cyclic esters (lactones) is 1. The summed E-state index contributed by atoms with van der Waals surface area (Å²) < 4.78 is 35.6. The van der Waals surface area contributed by atoms with Gasteiger partial charge in [-0.2, -0.15) is 9.57 Å². The van der Waals surface area contributed by atoms with Crippen molar-refractivity contribution in [1.29, 1.82) is 5.26 Å². The van der Waals surface area contributed by atoms with E-state index in [4.69, 9.17) is 27.0 Å². The molecule has 30 heavy (non-hydrogen) atoms. The van der Waals surface area contributed by atoms with Gasteiger partial charge in [-0.25, -0.2) is 13.2 Å². The first-order valence-corrected chi connectivity index (χ1v) is 11.4. The second kappa shape index (κ2) is 9.46. The van der Waals surface area contributed by atoms with Crippen LogP contribution in [-0.4, -0.2) is 82.2 Å². The van der Waals surface area contributed by atoms with Gasteiger partial charge in [0.05, 0.1) is 26.3 Å². The standard InChI is InChI=1S/C18H23N5O5S2/c1-27-17(29)20-12-16-13-23(18(24)28-16)15-4-2-14(3-5-15)21-7-9-22(10-8-21)30(25,26)11-6-19/h2-5,16H,7-13H2,1H3,(H,20,29)/t16-/m0/s1. The normalized spacial score (nSPS) is 19.9. The van der Waals surface area contributed by atoms with E-state index in [-0.39, 0.29) is 11.3 Å². The Hall–Kier alpha value is -2.62.